The first-order valence-electron chi connectivity index (χ1n) is 5.86. The van der Waals surface area contributed by atoms with Gasteiger partial charge in [0, 0.05) is 5.69 Å². The lowest BCUT2D eigenvalue weighted by molar-refractivity contribution is -0.138. The van der Waals surface area contributed by atoms with E-state index in [1.807, 2.05) is 0 Å². The van der Waals surface area contributed by atoms with Crippen LogP contribution in [0.3, 0.4) is 0 Å². The molecule has 0 radical (unpaired) electrons. The number of rotatable bonds is 4. The molecule has 0 aliphatic heterocycles. The second-order valence-electron chi connectivity index (χ2n) is 4.13. The molecule has 0 aliphatic rings. The van der Waals surface area contributed by atoms with Crippen molar-refractivity contribution in [1.82, 2.24) is 0 Å². The molecule has 20 heavy (non-hydrogen) atoms. The van der Waals surface area contributed by atoms with Gasteiger partial charge in [0.2, 0.25) is 0 Å². The minimum absolute atomic E-state index is 0.132. The number of carboxylic acid groups (broad SMARTS) is 1. The number of nitriles is 1. The van der Waals surface area contributed by atoms with Crippen LogP contribution >= 0.6 is 0 Å². The predicted molar refractivity (Wildman–Crippen MR) is 71.6 cm³/mol. The van der Waals surface area contributed by atoms with Crippen LogP contribution < -0.4 is 5.32 Å². The predicted octanol–water partition coefficient (Wildman–Crippen LogP) is 2.94. The van der Waals surface area contributed by atoms with Gasteiger partial charge < -0.3 is 10.4 Å². The molecule has 2 aromatic rings. The van der Waals surface area contributed by atoms with Crippen LogP contribution in [-0.2, 0) is 4.79 Å². The maximum atomic E-state index is 13.2. The van der Waals surface area contributed by atoms with Gasteiger partial charge in [-0.05, 0) is 23.8 Å². The van der Waals surface area contributed by atoms with Gasteiger partial charge in [-0.1, -0.05) is 30.3 Å². The zero-order valence-corrected chi connectivity index (χ0v) is 10.4. The van der Waals surface area contributed by atoms with E-state index in [9.17, 15) is 14.3 Å². The minimum Gasteiger partial charge on any atom is -0.479 e. The Hall–Kier alpha value is -2.87. The highest BCUT2D eigenvalue weighted by Gasteiger charge is 2.19. The van der Waals surface area contributed by atoms with E-state index in [1.54, 1.807) is 36.4 Å². The van der Waals surface area contributed by atoms with Crippen molar-refractivity contribution >= 4 is 11.7 Å². The first-order valence-corrected chi connectivity index (χ1v) is 5.86. The largest absolute Gasteiger partial charge is 0.479 e. The summed E-state index contributed by atoms with van der Waals surface area (Å²) >= 11 is 0. The quantitative estimate of drug-likeness (QED) is 0.895. The average molecular weight is 270 g/mol. The Morgan fingerprint density at radius 1 is 1.25 bits per heavy atom. The number of nitrogens with one attached hydrogen (secondary N) is 1. The van der Waals surface area contributed by atoms with E-state index in [0.29, 0.717) is 11.3 Å². The number of hydrogen-bond donors (Lipinski definition) is 2. The van der Waals surface area contributed by atoms with Gasteiger partial charge >= 0.3 is 5.97 Å². The molecule has 2 aromatic carbocycles. The lowest BCUT2D eigenvalue weighted by Gasteiger charge is -2.16. The van der Waals surface area contributed by atoms with Gasteiger partial charge in [0.25, 0.3) is 0 Å². The lowest BCUT2D eigenvalue weighted by atomic mass is 10.1. The molecule has 0 aliphatic carbocycles. The summed E-state index contributed by atoms with van der Waals surface area (Å²) in [7, 11) is 0. The fourth-order valence-electron chi connectivity index (χ4n) is 1.80. The molecule has 0 fully saturated rings. The van der Waals surface area contributed by atoms with Crippen molar-refractivity contribution in [3.8, 4) is 6.07 Å². The summed E-state index contributed by atoms with van der Waals surface area (Å²) in [6.45, 7) is 0. The maximum Gasteiger partial charge on any atom is 0.330 e. The molecule has 5 heteroatoms. The van der Waals surface area contributed by atoms with Crippen LogP contribution in [0, 0.1) is 17.1 Å². The van der Waals surface area contributed by atoms with Crippen LogP contribution in [0.4, 0.5) is 10.1 Å². The Bertz CT molecular complexity index is 665. The van der Waals surface area contributed by atoms with Gasteiger partial charge in [0.1, 0.15) is 11.9 Å². The number of aliphatic carboxylic acids is 1. The van der Waals surface area contributed by atoms with Crippen molar-refractivity contribution in [2.75, 3.05) is 5.32 Å². The van der Waals surface area contributed by atoms with Crippen LogP contribution in [0.1, 0.15) is 17.2 Å². The molecule has 1 atom stereocenters. The molecule has 4 nitrogen and oxygen atoms in total. The molecule has 100 valence electrons. The van der Waals surface area contributed by atoms with E-state index in [0.717, 1.165) is 6.07 Å². The Labute approximate surface area is 115 Å². The fraction of sp³-hybridized carbons (Fsp3) is 0.0667. The summed E-state index contributed by atoms with van der Waals surface area (Å²) < 4.78 is 13.2. The molecular weight excluding hydrogens is 259 g/mol. The van der Waals surface area contributed by atoms with E-state index in [-0.39, 0.29) is 5.56 Å². The first kappa shape index (κ1) is 13.6. The van der Waals surface area contributed by atoms with Crippen LogP contribution in [0.15, 0.2) is 48.5 Å². The van der Waals surface area contributed by atoms with Gasteiger partial charge in [0.15, 0.2) is 6.04 Å². The van der Waals surface area contributed by atoms with Crippen LogP contribution in [0.2, 0.25) is 0 Å². The average Bonchev–Trinajstić information content (AvgIpc) is 2.47. The first-order chi connectivity index (χ1) is 9.61. The third kappa shape index (κ3) is 2.93. The molecule has 0 spiro atoms. The number of halogens is 1. The Balaban J connectivity index is 2.30. The topological polar surface area (TPSA) is 73.1 Å². The SMILES string of the molecule is N#Cc1cc(NC(C(=O)O)c2ccccc2)ccc1F. The molecule has 0 saturated carbocycles. The third-order valence-electron chi connectivity index (χ3n) is 2.78. The summed E-state index contributed by atoms with van der Waals surface area (Å²) in [6, 6.07) is 13.2. The number of benzene rings is 2. The van der Waals surface area contributed by atoms with Crippen LogP contribution in [0.5, 0.6) is 0 Å². The molecule has 1 unspecified atom stereocenters. The van der Waals surface area contributed by atoms with E-state index >= 15 is 0 Å². The molecular formula is C15H11FN2O2. The number of anilines is 1. The lowest BCUT2D eigenvalue weighted by Crippen LogP contribution is -2.20. The molecule has 0 amide bonds. The molecule has 0 saturated heterocycles. The van der Waals surface area contributed by atoms with Gasteiger partial charge in [-0.15, -0.1) is 0 Å². The minimum atomic E-state index is -1.06. The molecule has 0 aromatic heterocycles. The maximum absolute atomic E-state index is 13.2. The summed E-state index contributed by atoms with van der Waals surface area (Å²) in [6.07, 6.45) is 0. The van der Waals surface area contributed by atoms with E-state index < -0.39 is 17.8 Å². The van der Waals surface area contributed by atoms with Crippen LogP contribution in [-0.4, -0.2) is 11.1 Å². The second-order valence-corrected chi connectivity index (χ2v) is 4.13. The monoisotopic (exact) mass is 270 g/mol. The van der Waals surface area contributed by atoms with Crippen LogP contribution in [0.25, 0.3) is 0 Å². The zero-order chi connectivity index (χ0) is 14.5. The Morgan fingerprint density at radius 3 is 2.55 bits per heavy atom. The van der Waals surface area contributed by atoms with Gasteiger partial charge in [0.05, 0.1) is 5.56 Å². The normalized spacial score (nSPS) is 11.4. The van der Waals surface area contributed by atoms with Gasteiger partial charge in [-0.3, -0.25) is 0 Å². The fourth-order valence-corrected chi connectivity index (χ4v) is 1.80. The summed E-state index contributed by atoms with van der Waals surface area (Å²) in [5, 5.41) is 20.8. The highest BCUT2D eigenvalue weighted by Crippen LogP contribution is 2.21. The number of carboxylic acids is 1. The van der Waals surface area contributed by atoms with Gasteiger partial charge in [-0.2, -0.15) is 5.26 Å². The van der Waals surface area contributed by atoms with Crippen molar-refractivity contribution in [2.24, 2.45) is 0 Å². The Kier molecular flexibility index (Phi) is 3.96. The van der Waals surface area contributed by atoms with Gasteiger partial charge in [-0.25, -0.2) is 9.18 Å². The van der Waals surface area contributed by atoms with Crippen molar-refractivity contribution in [2.45, 2.75) is 6.04 Å². The standard InChI is InChI=1S/C15H11FN2O2/c16-13-7-6-12(8-11(13)9-17)18-14(15(19)20)10-4-2-1-3-5-10/h1-8,14,18H,(H,19,20). The molecule has 0 bridgehead atoms. The zero-order valence-electron chi connectivity index (χ0n) is 10.4. The Morgan fingerprint density at radius 2 is 1.95 bits per heavy atom. The van der Waals surface area contributed by atoms with E-state index in [1.165, 1.54) is 12.1 Å². The summed E-state index contributed by atoms with van der Waals surface area (Å²) in [5.74, 6) is -1.69. The number of hydrogen-bond acceptors (Lipinski definition) is 3. The molecule has 2 N–H and O–H groups in total. The highest BCUT2D eigenvalue weighted by atomic mass is 19.1. The smallest absolute Gasteiger partial charge is 0.330 e. The third-order valence-corrected chi connectivity index (χ3v) is 2.78. The van der Waals surface area contributed by atoms with E-state index in [2.05, 4.69) is 5.32 Å². The second kappa shape index (κ2) is 5.85. The number of nitrogens with zero attached hydrogens (tertiary/aromatic N) is 1. The number of carbonyl (C=O) groups is 1. The molecule has 0 heterocycles. The van der Waals surface area contributed by atoms with Crippen molar-refractivity contribution in [3.05, 3.63) is 65.5 Å². The van der Waals surface area contributed by atoms with Crippen molar-refractivity contribution in [1.29, 1.82) is 5.26 Å². The summed E-state index contributed by atoms with van der Waals surface area (Å²) in [5.41, 5.74) is 0.814. The van der Waals surface area contributed by atoms with E-state index in [4.69, 9.17) is 5.26 Å². The highest BCUT2D eigenvalue weighted by molar-refractivity contribution is 5.79. The summed E-state index contributed by atoms with van der Waals surface area (Å²) in [4.78, 5) is 11.3. The van der Waals surface area contributed by atoms with Crippen molar-refractivity contribution < 1.29 is 14.3 Å². The molecule has 2 rings (SSSR count). The van der Waals surface area contributed by atoms with Crippen molar-refractivity contribution in [3.63, 3.8) is 0 Å².